The molecule has 0 bridgehead atoms. The van der Waals surface area contributed by atoms with E-state index in [9.17, 15) is 0 Å². The van der Waals surface area contributed by atoms with Gasteiger partial charge in [-0.15, -0.1) is 0 Å². The van der Waals surface area contributed by atoms with Crippen LogP contribution in [-0.4, -0.2) is 26.3 Å². The molecule has 2 aromatic rings. The molecule has 1 aromatic carbocycles. The maximum absolute atomic E-state index is 5.32. The fraction of sp³-hybridized carbons (Fsp3) is 0.188. The van der Waals surface area contributed by atoms with Gasteiger partial charge in [0, 0.05) is 12.4 Å². The summed E-state index contributed by atoms with van der Waals surface area (Å²) in [6.45, 7) is 0. The van der Waals surface area contributed by atoms with Gasteiger partial charge in [-0.05, 0) is 35.4 Å². The van der Waals surface area contributed by atoms with Gasteiger partial charge in [0.15, 0.2) is 11.5 Å². The van der Waals surface area contributed by atoms with Gasteiger partial charge in [0.2, 0.25) is 5.75 Å². The Bertz CT molecular complexity index is 569. The second-order valence-electron chi connectivity index (χ2n) is 4.07. The highest BCUT2D eigenvalue weighted by Crippen LogP contribution is 2.38. The first-order valence-corrected chi connectivity index (χ1v) is 6.16. The molecule has 0 aliphatic heterocycles. The van der Waals surface area contributed by atoms with Crippen LogP contribution in [0.15, 0.2) is 36.7 Å². The second kappa shape index (κ2) is 6.61. The molecule has 2 rings (SSSR count). The average Bonchev–Trinajstić information content (AvgIpc) is 2.52. The molecule has 0 N–H and O–H groups in total. The Morgan fingerprint density at radius 1 is 0.800 bits per heavy atom. The molecule has 0 atom stereocenters. The quantitative estimate of drug-likeness (QED) is 0.836. The van der Waals surface area contributed by atoms with Crippen LogP contribution in [0.3, 0.4) is 0 Å². The zero-order valence-corrected chi connectivity index (χ0v) is 11.8. The van der Waals surface area contributed by atoms with E-state index in [4.69, 9.17) is 14.2 Å². The molecule has 1 heterocycles. The first-order valence-electron chi connectivity index (χ1n) is 6.16. The molecule has 0 spiro atoms. The lowest BCUT2D eigenvalue weighted by atomic mass is 10.1. The lowest BCUT2D eigenvalue weighted by Gasteiger charge is -2.12. The molecule has 20 heavy (non-hydrogen) atoms. The average molecular weight is 271 g/mol. The van der Waals surface area contributed by atoms with E-state index in [0.717, 1.165) is 11.1 Å². The molecule has 4 nitrogen and oxygen atoms in total. The summed E-state index contributed by atoms with van der Waals surface area (Å²) in [6.07, 6.45) is 7.51. The predicted octanol–water partition coefficient (Wildman–Crippen LogP) is 3.28. The Labute approximate surface area is 118 Å². The van der Waals surface area contributed by atoms with Crippen molar-refractivity contribution in [2.24, 2.45) is 0 Å². The van der Waals surface area contributed by atoms with Crippen molar-refractivity contribution < 1.29 is 14.2 Å². The number of pyridine rings is 1. The van der Waals surface area contributed by atoms with Gasteiger partial charge < -0.3 is 14.2 Å². The Kier molecular flexibility index (Phi) is 4.60. The summed E-state index contributed by atoms with van der Waals surface area (Å²) in [4.78, 5) is 3.99. The van der Waals surface area contributed by atoms with Crippen LogP contribution in [0.25, 0.3) is 12.2 Å². The van der Waals surface area contributed by atoms with Crippen molar-refractivity contribution in [2.75, 3.05) is 21.3 Å². The summed E-state index contributed by atoms with van der Waals surface area (Å²) in [5.41, 5.74) is 2.05. The summed E-state index contributed by atoms with van der Waals surface area (Å²) in [7, 11) is 4.80. The number of hydrogen-bond acceptors (Lipinski definition) is 4. The summed E-state index contributed by atoms with van der Waals surface area (Å²) in [5, 5.41) is 0. The molecular formula is C16H17NO3. The van der Waals surface area contributed by atoms with Crippen molar-refractivity contribution in [1.29, 1.82) is 0 Å². The molecule has 0 fully saturated rings. The van der Waals surface area contributed by atoms with Gasteiger partial charge >= 0.3 is 0 Å². The topological polar surface area (TPSA) is 40.6 Å². The molecule has 1 aromatic heterocycles. The van der Waals surface area contributed by atoms with Crippen LogP contribution in [0.2, 0.25) is 0 Å². The monoisotopic (exact) mass is 271 g/mol. The van der Waals surface area contributed by atoms with E-state index in [2.05, 4.69) is 4.98 Å². The minimum absolute atomic E-state index is 0.594. The van der Waals surface area contributed by atoms with Crippen LogP contribution >= 0.6 is 0 Å². The van der Waals surface area contributed by atoms with E-state index in [0.29, 0.717) is 17.2 Å². The van der Waals surface area contributed by atoms with E-state index < -0.39 is 0 Å². The van der Waals surface area contributed by atoms with Gasteiger partial charge in [-0.3, -0.25) is 4.98 Å². The third-order valence-corrected chi connectivity index (χ3v) is 2.86. The maximum Gasteiger partial charge on any atom is 0.203 e. The molecule has 0 aliphatic rings. The smallest absolute Gasteiger partial charge is 0.203 e. The lowest BCUT2D eigenvalue weighted by molar-refractivity contribution is 0.324. The molecule has 104 valence electrons. The zero-order valence-electron chi connectivity index (χ0n) is 11.8. The van der Waals surface area contributed by atoms with Crippen molar-refractivity contribution in [3.8, 4) is 17.2 Å². The van der Waals surface area contributed by atoms with E-state index in [1.807, 2.05) is 36.4 Å². The molecule has 0 unspecified atom stereocenters. The fourth-order valence-corrected chi connectivity index (χ4v) is 1.86. The molecule has 0 radical (unpaired) electrons. The maximum atomic E-state index is 5.32. The van der Waals surface area contributed by atoms with Crippen LogP contribution in [0.1, 0.15) is 11.1 Å². The van der Waals surface area contributed by atoms with Crippen LogP contribution in [-0.2, 0) is 0 Å². The standard InChI is InChI=1S/C16H17NO3/c1-18-14-10-13(11-15(19-2)16(14)20-3)5-4-12-6-8-17-9-7-12/h4-11H,1-3H3/b5-4-. The summed E-state index contributed by atoms with van der Waals surface area (Å²) < 4.78 is 15.9. The minimum Gasteiger partial charge on any atom is -0.493 e. The summed E-state index contributed by atoms with van der Waals surface area (Å²) in [6, 6.07) is 7.68. The Hall–Kier alpha value is -2.49. The number of benzene rings is 1. The first kappa shape index (κ1) is 13.9. The van der Waals surface area contributed by atoms with Crippen molar-refractivity contribution in [3.63, 3.8) is 0 Å². The fourth-order valence-electron chi connectivity index (χ4n) is 1.86. The Balaban J connectivity index is 2.35. The van der Waals surface area contributed by atoms with E-state index >= 15 is 0 Å². The molecule has 0 saturated heterocycles. The van der Waals surface area contributed by atoms with Crippen LogP contribution in [0.4, 0.5) is 0 Å². The molecule has 0 aliphatic carbocycles. The minimum atomic E-state index is 0.594. The number of aromatic nitrogens is 1. The van der Waals surface area contributed by atoms with Gasteiger partial charge in [-0.25, -0.2) is 0 Å². The summed E-state index contributed by atoms with van der Waals surface area (Å²) >= 11 is 0. The third-order valence-electron chi connectivity index (χ3n) is 2.86. The van der Waals surface area contributed by atoms with E-state index in [1.54, 1.807) is 33.7 Å². The van der Waals surface area contributed by atoms with Gasteiger partial charge in [0.05, 0.1) is 21.3 Å². The van der Waals surface area contributed by atoms with Crippen LogP contribution in [0.5, 0.6) is 17.2 Å². The number of methoxy groups -OCH3 is 3. The number of nitrogens with zero attached hydrogens (tertiary/aromatic N) is 1. The lowest BCUT2D eigenvalue weighted by Crippen LogP contribution is -1.95. The van der Waals surface area contributed by atoms with Crippen LogP contribution < -0.4 is 14.2 Å². The van der Waals surface area contributed by atoms with Gasteiger partial charge in [0.1, 0.15) is 0 Å². The van der Waals surface area contributed by atoms with Crippen molar-refractivity contribution in [2.45, 2.75) is 0 Å². The third kappa shape index (κ3) is 3.09. The predicted molar refractivity (Wildman–Crippen MR) is 79.3 cm³/mol. The van der Waals surface area contributed by atoms with Crippen LogP contribution in [0, 0.1) is 0 Å². The molecule has 0 saturated carbocycles. The second-order valence-corrected chi connectivity index (χ2v) is 4.07. The molecule has 0 amide bonds. The highest BCUT2D eigenvalue weighted by atomic mass is 16.5. The molecular weight excluding hydrogens is 254 g/mol. The van der Waals surface area contributed by atoms with E-state index in [-0.39, 0.29) is 0 Å². The largest absolute Gasteiger partial charge is 0.493 e. The van der Waals surface area contributed by atoms with Crippen molar-refractivity contribution in [3.05, 3.63) is 47.8 Å². The zero-order chi connectivity index (χ0) is 14.4. The number of hydrogen-bond donors (Lipinski definition) is 0. The number of ether oxygens (including phenoxy) is 3. The Morgan fingerprint density at radius 3 is 1.85 bits per heavy atom. The van der Waals surface area contributed by atoms with Crippen molar-refractivity contribution in [1.82, 2.24) is 4.98 Å². The highest BCUT2D eigenvalue weighted by Gasteiger charge is 2.11. The van der Waals surface area contributed by atoms with E-state index in [1.165, 1.54) is 0 Å². The van der Waals surface area contributed by atoms with Gasteiger partial charge in [-0.2, -0.15) is 0 Å². The first-order chi connectivity index (χ1) is 9.78. The summed E-state index contributed by atoms with van der Waals surface area (Å²) in [5.74, 6) is 1.87. The SMILES string of the molecule is COc1cc(/C=C\c2ccncc2)cc(OC)c1OC. The van der Waals surface area contributed by atoms with Gasteiger partial charge in [-0.1, -0.05) is 12.2 Å². The molecule has 4 heteroatoms. The normalized spacial score (nSPS) is 10.6. The Morgan fingerprint density at radius 2 is 1.35 bits per heavy atom. The van der Waals surface area contributed by atoms with Crippen molar-refractivity contribution >= 4 is 12.2 Å². The number of rotatable bonds is 5. The van der Waals surface area contributed by atoms with Gasteiger partial charge in [0.25, 0.3) is 0 Å². The highest BCUT2D eigenvalue weighted by molar-refractivity contribution is 5.72.